The molecule has 1 unspecified atom stereocenters. The van der Waals surface area contributed by atoms with Gasteiger partial charge in [0.1, 0.15) is 0 Å². The summed E-state index contributed by atoms with van der Waals surface area (Å²) in [5.74, 6) is 2.37. The van der Waals surface area contributed by atoms with Crippen LogP contribution in [0.25, 0.3) is 0 Å². The van der Waals surface area contributed by atoms with Gasteiger partial charge in [0.2, 0.25) is 5.95 Å². The molecule has 0 aliphatic carbocycles. The molecule has 1 saturated heterocycles. The molecule has 90 valence electrons. The van der Waals surface area contributed by atoms with Gasteiger partial charge in [0.05, 0.1) is 0 Å². The first kappa shape index (κ1) is 11.8. The van der Waals surface area contributed by atoms with Crippen LogP contribution in [-0.4, -0.2) is 27.1 Å². The second kappa shape index (κ2) is 6.18. The average molecular weight is 239 g/mol. The van der Waals surface area contributed by atoms with Crippen LogP contribution in [0.2, 0.25) is 0 Å². The van der Waals surface area contributed by atoms with Gasteiger partial charge in [-0.25, -0.2) is 4.98 Å². The summed E-state index contributed by atoms with van der Waals surface area (Å²) < 4.78 is 2.26. The molecular formula is C12H21N3S. The lowest BCUT2D eigenvalue weighted by Gasteiger charge is -2.22. The number of imidazole rings is 1. The van der Waals surface area contributed by atoms with Crippen molar-refractivity contribution in [1.29, 1.82) is 0 Å². The SMILES string of the molecule is CCCNc1nccn1CC1CCCCS1. The lowest BCUT2D eigenvalue weighted by Crippen LogP contribution is -2.18. The minimum atomic E-state index is 0.783. The van der Waals surface area contributed by atoms with E-state index < -0.39 is 0 Å². The van der Waals surface area contributed by atoms with Crippen LogP contribution in [0.1, 0.15) is 32.6 Å². The van der Waals surface area contributed by atoms with Gasteiger partial charge in [0.25, 0.3) is 0 Å². The second-order valence-electron chi connectivity index (χ2n) is 4.32. The number of thioether (sulfide) groups is 1. The first-order chi connectivity index (χ1) is 7.90. The molecule has 3 nitrogen and oxygen atoms in total. The van der Waals surface area contributed by atoms with Gasteiger partial charge in [-0.3, -0.25) is 0 Å². The maximum absolute atomic E-state index is 4.36. The standard InChI is InChI=1S/C12H21N3S/c1-2-6-13-12-14-7-8-15(12)10-11-5-3-4-9-16-11/h7-8,11H,2-6,9-10H2,1H3,(H,13,14). The smallest absolute Gasteiger partial charge is 0.202 e. The van der Waals surface area contributed by atoms with Gasteiger partial charge in [-0.15, -0.1) is 0 Å². The molecular weight excluding hydrogens is 218 g/mol. The van der Waals surface area contributed by atoms with Gasteiger partial charge >= 0.3 is 0 Å². The van der Waals surface area contributed by atoms with Crippen LogP contribution < -0.4 is 5.32 Å². The molecule has 1 atom stereocenters. The molecule has 0 spiro atoms. The Labute approximate surface area is 102 Å². The minimum absolute atomic E-state index is 0.783. The summed E-state index contributed by atoms with van der Waals surface area (Å²) in [4.78, 5) is 4.36. The summed E-state index contributed by atoms with van der Waals surface area (Å²) in [5.41, 5.74) is 0. The second-order valence-corrected chi connectivity index (χ2v) is 5.73. The highest BCUT2D eigenvalue weighted by molar-refractivity contribution is 7.99. The lowest BCUT2D eigenvalue weighted by molar-refractivity contribution is 0.585. The summed E-state index contributed by atoms with van der Waals surface area (Å²) in [6.45, 7) is 4.29. The van der Waals surface area contributed by atoms with Crippen molar-refractivity contribution >= 4 is 17.7 Å². The molecule has 0 aromatic carbocycles. The minimum Gasteiger partial charge on any atom is -0.356 e. The third-order valence-corrected chi connectivity index (χ3v) is 4.30. The highest BCUT2D eigenvalue weighted by Crippen LogP contribution is 2.26. The monoisotopic (exact) mass is 239 g/mol. The molecule has 2 heterocycles. The van der Waals surface area contributed by atoms with E-state index in [1.807, 2.05) is 6.20 Å². The summed E-state index contributed by atoms with van der Waals surface area (Å²) in [6, 6.07) is 0. The first-order valence-corrected chi connectivity index (χ1v) is 7.31. The zero-order chi connectivity index (χ0) is 11.2. The van der Waals surface area contributed by atoms with Crippen LogP contribution in [0.4, 0.5) is 5.95 Å². The topological polar surface area (TPSA) is 29.9 Å². The summed E-state index contributed by atoms with van der Waals surface area (Å²) in [7, 11) is 0. The molecule has 0 bridgehead atoms. The van der Waals surface area contributed by atoms with Crippen molar-refractivity contribution in [2.75, 3.05) is 17.6 Å². The van der Waals surface area contributed by atoms with Gasteiger partial charge in [-0.1, -0.05) is 13.3 Å². The molecule has 0 amide bonds. The van der Waals surface area contributed by atoms with Crippen LogP contribution in [-0.2, 0) is 6.54 Å². The Kier molecular flexibility index (Phi) is 4.57. The van der Waals surface area contributed by atoms with Gasteiger partial charge < -0.3 is 9.88 Å². The Hall–Kier alpha value is -0.640. The van der Waals surface area contributed by atoms with E-state index in [0.29, 0.717) is 0 Å². The Morgan fingerprint density at radius 1 is 1.56 bits per heavy atom. The van der Waals surface area contributed by atoms with Crippen LogP contribution in [0.15, 0.2) is 12.4 Å². The molecule has 1 aromatic heterocycles. The van der Waals surface area contributed by atoms with E-state index in [4.69, 9.17) is 0 Å². The Morgan fingerprint density at radius 2 is 2.50 bits per heavy atom. The molecule has 1 N–H and O–H groups in total. The summed E-state index contributed by atoms with van der Waals surface area (Å²) >= 11 is 2.12. The average Bonchev–Trinajstić information content (AvgIpc) is 2.75. The number of nitrogens with one attached hydrogen (secondary N) is 1. The van der Waals surface area contributed by atoms with Crippen LogP contribution >= 0.6 is 11.8 Å². The normalized spacial score (nSPS) is 20.9. The number of nitrogens with zero attached hydrogens (tertiary/aromatic N) is 2. The van der Waals surface area contributed by atoms with E-state index in [-0.39, 0.29) is 0 Å². The van der Waals surface area contributed by atoms with Crippen LogP contribution in [0.3, 0.4) is 0 Å². The number of rotatable bonds is 5. The lowest BCUT2D eigenvalue weighted by atomic mass is 10.2. The molecule has 1 aromatic rings. The predicted octanol–water partition coefficient (Wildman–Crippen LogP) is 2.99. The maximum Gasteiger partial charge on any atom is 0.202 e. The van der Waals surface area contributed by atoms with Gasteiger partial charge in [0, 0.05) is 30.7 Å². The highest BCUT2D eigenvalue weighted by atomic mass is 32.2. The Balaban J connectivity index is 1.89. The number of anilines is 1. The molecule has 1 fully saturated rings. The van der Waals surface area contributed by atoms with Crippen molar-refractivity contribution in [2.45, 2.75) is 44.4 Å². The van der Waals surface area contributed by atoms with Crippen molar-refractivity contribution in [2.24, 2.45) is 0 Å². The van der Waals surface area contributed by atoms with Crippen molar-refractivity contribution < 1.29 is 0 Å². The van der Waals surface area contributed by atoms with Gasteiger partial charge in [-0.2, -0.15) is 11.8 Å². The molecule has 0 radical (unpaired) electrons. The van der Waals surface area contributed by atoms with Gasteiger partial charge in [-0.05, 0) is 25.0 Å². The van der Waals surface area contributed by atoms with Crippen molar-refractivity contribution in [3.8, 4) is 0 Å². The number of hydrogen-bond acceptors (Lipinski definition) is 3. The number of hydrogen-bond donors (Lipinski definition) is 1. The zero-order valence-electron chi connectivity index (χ0n) is 9.98. The highest BCUT2D eigenvalue weighted by Gasteiger charge is 2.15. The summed E-state index contributed by atoms with van der Waals surface area (Å²) in [5, 5.41) is 4.16. The molecule has 4 heteroatoms. The fourth-order valence-corrected chi connectivity index (χ4v) is 3.33. The quantitative estimate of drug-likeness (QED) is 0.856. The van der Waals surface area contributed by atoms with Crippen molar-refractivity contribution in [3.05, 3.63) is 12.4 Å². The third kappa shape index (κ3) is 3.17. The fraction of sp³-hybridized carbons (Fsp3) is 0.750. The molecule has 2 rings (SSSR count). The molecule has 0 saturated carbocycles. The van der Waals surface area contributed by atoms with E-state index in [2.05, 4.69) is 39.8 Å². The van der Waals surface area contributed by atoms with E-state index in [1.54, 1.807) is 0 Å². The van der Waals surface area contributed by atoms with E-state index >= 15 is 0 Å². The van der Waals surface area contributed by atoms with Gasteiger partial charge in [0.15, 0.2) is 0 Å². The number of aromatic nitrogens is 2. The Bertz CT molecular complexity index is 305. The first-order valence-electron chi connectivity index (χ1n) is 6.26. The van der Waals surface area contributed by atoms with E-state index in [9.17, 15) is 0 Å². The maximum atomic E-state index is 4.36. The zero-order valence-corrected chi connectivity index (χ0v) is 10.8. The van der Waals surface area contributed by atoms with Crippen molar-refractivity contribution in [3.63, 3.8) is 0 Å². The molecule has 1 aliphatic rings. The fourth-order valence-electron chi connectivity index (χ4n) is 2.03. The largest absolute Gasteiger partial charge is 0.356 e. The van der Waals surface area contributed by atoms with Crippen LogP contribution in [0, 0.1) is 0 Å². The summed E-state index contributed by atoms with van der Waals surface area (Å²) in [6.07, 6.45) is 9.27. The predicted molar refractivity (Wildman–Crippen MR) is 71.1 cm³/mol. The third-order valence-electron chi connectivity index (χ3n) is 2.92. The molecule has 16 heavy (non-hydrogen) atoms. The Morgan fingerprint density at radius 3 is 3.25 bits per heavy atom. The molecule has 1 aliphatic heterocycles. The van der Waals surface area contributed by atoms with Crippen LogP contribution in [0.5, 0.6) is 0 Å². The van der Waals surface area contributed by atoms with Crippen molar-refractivity contribution in [1.82, 2.24) is 9.55 Å². The van der Waals surface area contributed by atoms with E-state index in [0.717, 1.165) is 30.7 Å². The van der Waals surface area contributed by atoms with E-state index in [1.165, 1.54) is 25.0 Å².